The van der Waals surface area contributed by atoms with Gasteiger partial charge in [-0.3, -0.25) is 4.79 Å². The average molecular weight is 818 g/mol. The van der Waals surface area contributed by atoms with Crippen LogP contribution in [-0.4, -0.2) is 60.2 Å². The van der Waals surface area contributed by atoms with Crippen molar-refractivity contribution in [2.45, 2.75) is 137 Å². The topological polar surface area (TPSA) is 131 Å². The summed E-state index contributed by atoms with van der Waals surface area (Å²) in [5.74, 6) is 2.81. The quantitative estimate of drug-likeness (QED) is 0.167. The van der Waals surface area contributed by atoms with Gasteiger partial charge in [0, 0.05) is 19.0 Å². The Hall–Kier alpha value is -3.67. The number of carbonyl (C=O) groups is 1. The molecule has 4 aromatic rings. The van der Waals surface area contributed by atoms with Crippen molar-refractivity contribution in [1.29, 1.82) is 0 Å². The summed E-state index contributed by atoms with van der Waals surface area (Å²) in [5.41, 5.74) is 7.95. The van der Waals surface area contributed by atoms with Gasteiger partial charge >= 0.3 is 13.3 Å². The van der Waals surface area contributed by atoms with Crippen molar-refractivity contribution in [3.63, 3.8) is 0 Å². The second kappa shape index (κ2) is 18.1. The molecule has 2 unspecified atom stereocenters. The molecule has 0 N–H and O–H groups in total. The first kappa shape index (κ1) is 42.9. The van der Waals surface area contributed by atoms with Gasteiger partial charge in [0.05, 0.1) is 32.3 Å². The van der Waals surface area contributed by atoms with Crippen LogP contribution in [0.5, 0.6) is 0 Å². The minimum absolute atomic E-state index is 0.113. The van der Waals surface area contributed by atoms with Crippen molar-refractivity contribution in [2.75, 3.05) is 0 Å². The number of rotatable bonds is 7. The number of ketones is 1. The van der Waals surface area contributed by atoms with Gasteiger partial charge in [-0.05, 0) is 158 Å². The van der Waals surface area contributed by atoms with Crippen molar-refractivity contribution in [1.82, 2.24) is 30.0 Å². The van der Waals surface area contributed by atoms with Crippen LogP contribution in [-0.2, 0) is 36.8 Å². The lowest BCUT2D eigenvalue weighted by Crippen LogP contribution is -2.41. The fourth-order valence-corrected chi connectivity index (χ4v) is 7.88. The van der Waals surface area contributed by atoms with Crippen molar-refractivity contribution in [3.05, 3.63) is 63.1 Å². The number of hydrogen-bond donors (Lipinski definition) is 0. The van der Waals surface area contributed by atoms with E-state index in [4.69, 9.17) is 42.1 Å². The number of nitrogens with zero attached hydrogens (tertiary/aromatic N) is 6. The lowest BCUT2D eigenvalue weighted by atomic mass is 9.71. The highest BCUT2D eigenvalue weighted by atomic mass is 35.5. The first-order valence-corrected chi connectivity index (χ1v) is 21.1. The molecule has 2 aromatic heterocycles. The molecule has 0 radical (unpaired) electrons. The van der Waals surface area contributed by atoms with Crippen LogP contribution in [0.4, 0.5) is 0 Å². The SMILES string of the molecule is CC(=O)C1CC=C(c2ccc3c(nnn3CC3CC3)c2Cl)CC1.CC1CC=C(B2OC(C)(C)C(C)(C)O2)CC1.Cc1ccc2c(nnn2CC2CC2)c1Cl.O=C=O. The summed E-state index contributed by atoms with van der Waals surface area (Å²) in [6.07, 6.45) is 16.1. The zero-order chi connectivity index (χ0) is 41.1. The summed E-state index contributed by atoms with van der Waals surface area (Å²) in [4.78, 5) is 27.8. The van der Waals surface area contributed by atoms with Crippen molar-refractivity contribution in [2.24, 2.45) is 23.7 Å². The molecule has 14 heteroatoms. The van der Waals surface area contributed by atoms with Crippen LogP contribution in [0, 0.1) is 30.6 Å². The minimum Gasteiger partial charge on any atom is -0.400 e. The Bertz CT molecular complexity index is 2160. The third kappa shape index (κ3) is 10.3. The molecule has 0 spiro atoms. The Kier molecular flexibility index (Phi) is 13.6. The average Bonchev–Trinajstić information content (AvgIpc) is 4.08. The molecule has 57 heavy (non-hydrogen) atoms. The lowest BCUT2D eigenvalue weighted by Gasteiger charge is -2.32. The number of carbonyl (C=O) groups excluding carboxylic acids is 3. The monoisotopic (exact) mass is 816 g/mol. The highest BCUT2D eigenvalue weighted by Crippen LogP contribution is 2.41. The largest absolute Gasteiger partial charge is 0.490 e. The summed E-state index contributed by atoms with van der Waals surface area (Å²) in [5, 5.41) is 18.3. The van der Waals surface area contributed by atoms with Gasteiger partial charge in [0.1, 0.15) is 16.8 Å². The van der Waals surface area contributed by atoms with Crippen LogP contribution < -0.4 is 0 Å². The molecule has 1 aliphatic heterocycles. The van der Waals surface area contributed by atoms with Gasteiger partial charge in [-0.1, -0.05) is 64.8 Å². The van der Waals surface area contributed by atoms with Crippen LogP contribution >= 0.6 is 23.2 Å². The number of allylic oxidation sites excluding steroid dienone is 4. The molecule has 3 heterocycles. The van der Waals surface area contributed by atoms with E-state index in [2.05, 4.69) is 85.6 Å². The number of halogens is 2. The van der Waals surface area contributed by atoms with Crippen LogP contribution in [0.3, 0.4) is 0 Å². The maximum atomic E-state index is 11.5. The zero-order valence-corrected chi connectivity index (χ0v) is 35.8. The third-order valence-corrected chi connectivity index (χ3v) is 13.2. The van der Waals surface area contributed by atoms with Crippen molar-refractivity contribution in [3.8, 4) is 0 Å². The molecule has 5 aliphatic rings. The summed E-state index contributed by atoms with van der Waals surface area (Å²) in [6.45, 7) is 16.3. The Morgan fingerprint density at radius 1 is 0.807 bits per heavy atom. The van der Waals surface area contributed by atoms with Gasteiger partial charge in [-0.15, -0.1) is 10.2 Å². The highest BCUT2D eigenvalue weighted by molar-refractivity contribution is 6.54. The highest BCUT2D eigenvalue weighted by Gasteiger charge is 2.52. The number of aromatic nitrogens is 6. The molecule has 2 atom stereocenters. The molecular formula is C43H55BCl2N6O5. The molecule has 2 aromatic carbocycles. The van der Waals surface area contributed by atoms with Crippen LogP contribution in [0.25, 0.3) is 27.6 Å². The summed E-state index contributed by atoms with van der Waals surface area (Å²) in [7, 11) is -0.113. The smallest absolute Gasteiger partial charge is 0.400 e. The normalized spacial score (nSPS) is 22.2. The first-order valence-electron chi connectivity index (χ1n) is 20.4. The molecule has 1 saturated heterocycles. The van der Waals surface area contributed by atoms with Crippen molar-refractivity contribution >= 4 is 69.9 Å². The predicted octanol–water partition coefficient (Wildman–Crippen LogP) is 9.85. The van der Waals surface area contributed by atoms with Gasteiger partial charge in [-0.2, -0.15) is 9.59 Å². The lowest BCUT2D eigenvalue weighted by molar-refractivity contribution is -0.191. The Labute approximate surface area is 346 Å². The number of Topliss-reactive ketones (excluding diaryl/α,β-unsaturated/α-hetero) is 1. The maximum Gasteiger partial charge on any atom is 0.490 e. The fraction of sp³-hybridized carbons (Fsp3) is 0.581. The summed E-state index contributed by atoms with van der Waals surface area (Å²) < 4.78 is 16.0. The number of hydrogen-bond acceptors (Lipinski definition) is 9. The van der Waals surface area contributed by atoms with Gasteiger partial charge in [-0.25, -0.2) is 9.36 Å². The minimum atomic E-state index is -0.207. The van der Waals surface area contributed by atoms with E-state index in [0.29, 0.717) is 5.02 Å². The maximum absolute atomic E-state index is 11.5. The number of benzene rings is 2. The van der Waals surface area contributed by atoms with E-state index in [9.17, 15) is 4.79 Å². The molecule has 4 aliphatic carbocycles. The third-order valence-electron chi connectivity index (χ3n) is 12.3. The van der Waals surface area contributed by atoms with Gasteiger partial charge in [0.15, 0.2) is 0 Å². The molecule has 9 rings (SSSR count). The van der Waals surface area contributed by atoms with E-state index in [1.54, 1.807) is 6.92 Å². The molecule has 0 bridgehead atoms. The van der Waals surface area contributed by atoms with E-state index >= 15 is 0 Å². The number of aryl methyl sites for hydroxylation is 1. The van der Waals surface area contributed by atoms with Crippen LogP contribution in [0.2, 0.25) is 10.0 Å². The fourth-order valence-electron chi connectivity index (χ4n) is 7.36. The van der Waals surface area contributed by atoms with Gasteiger partial charge in [0.25, 0.3) is 0 Å². The molecule has 304 valence electrons. The van der Waals surface area contributed by atoms with E-state index in [1.165, 1.54) is 49.6 Å². The summed E-state index contributed by atoms with van der Waals surface area (Å²) >= 11 is 12.8. The van der Waals surface area contributed by atoms with E-state index in [-0.39, 0.29) is 36.2 Å². The van der Waals surface area contributed by atoms with E-state index in [1.807, 2.05) is 22.4 Å². The second-order valence-electron chi connectivity index (χ2n) is 17.4. The summed E-state index contributed by atoms with van der Waals surface area (Å²) in [6, 6.07) is 8.24. The van der Waals surface area contributed by atoms with Gasteiger partial charge in [0.2, 0.25) is 0 Å². The van der Waals surface area contributed by atoms with Gasteiger partial charge < -0.3 is 9.31 Å². The molecule has 3 fully saturated rings. The Morgan fingerprint density at radius 2 is 1.35 bits per heavy atom. The molecular weight excluding hydrogens is 762 g/mol. The Morgan fingerprint density at radius 3 is 1.82 bits per heavy atom. The zero-order valence-electron chi connectivity index (χ0n) is 34.3. The predicted molar refractivity (Wildman–Crippen MR) is 223 cm³/mol. The molecule has 11 nitrogen and oxygen atoms in total. The van der Waals surface area contributed by atoms with E-state index < -0.39 is 0 Å². The Balaban J connectivity index is 0.000000144. The first-order chi connectivity index (χ1) is 27.1. The molecule has 0 amide bonds. The van der Waals surface area contributed by atoms with Crippen LogP contribution in [0.1, 0.15) is 117 Å². The molecule has 2 saturated carbocycles. The standard InChI is InChI=1S/C18H20ClN3O.C13H23BO2.C11H12ClN3.CO2/c1-11(23)13-4-6-14(7-5-13)15-8-9-16-18(17(15)19)20-21-22(16)10-12-2-3-12;1-10-6-8-11(9-7-10)14-15-12(2,3)13(4,5)16-14;1-7-2-5-9-11(10(7)12)13-14-15(9)6-8-3-4-8;2-1-3/h6,8-9,12-13H,2-5,7,10H2,1H3;8,10H,6-7,9H2,1-5H3;2,5,8H,3-4,6H2,1H3;. The second-order valence-corrected chi connectivity index (χ2v) is 18.2. The van der Waals surface area contributed by atoms with Crippen molar-refractivity contribution < 1.29 is 23.7 Å². The van der Waals surface area contributed by atoms with E-state index in [0.717, 1.165) is 94.7 Å². The van der Waals surface area contributed by atoms with Crippen LogP contribution in [0.15, 0.2) is 41.9 Å². The number of fused-ring (bicyclic) bond motifs is 2.